The van der Waals surface area contributed by atoms with Crippen molar-refractivity contribution >= 4 is 5.91 Å². The van der Waals surface area contributed by atoms with Crippen LogP contribution in [0.25, 0.3) is 0 Å². The van der Waals surface area contributed by atoms with E-state index < -0.39 is 5.91 Å². The number of aromatic nitrogens is 1. The number of nitrogens with one attached hydrogen (secondary N) is 1. The Kier molecular flexibility index (Phi) is 4.98. The highest BCUT2D eigenvalue weighted by Gasteiger charge is 2.23. The van der Waals surface area contributed by atoms with Crippen LogP contribution in [0.5, 0.6) is 0 Å². The van der Waals surface area contributed by atoms with Crippen molar-refractivity contribution < 1.29 is 9.21 Å². The van der Waals surface area contributed by atoms with E-state index in [-0.39, 0.29) is 22.6 Å². The maximum absolute atomic E-state index is 12.5. The second-order valence-electron chi connectivity index (χ2n) is 6.85. The van der Waals surface area contributed by atoms with Crippen LogP contribution in [-0.4, -0.2) is 10.9 Å². The molecule has 2 aromatic rings. The van der Waals surface area contributed by atoms with Crippen LogP contribution in [0.4, 0.5) is 0 Å². The molecule has 0 aliphatic heterocycles. The van der Waals surface area contributed by atoms with E-state index in [1.54, 1.807) is 19.3 Å². The standard InChI is InChI=1S/C18H22N2O3/c1-12-8-14(21)9-16(23-12)17(22)20-15(10-18(2,3)4)13-6-5-7-19-11-13/h5-9,11,15H,10H2,1-4H3,(H,20,22). The fourth-order valence-corrected chi connectivity index (χ4v) is 2.39. The average Bonchev–Trinajstić information content (AvgIpc) is 2.45. The highest BCUT2D eigenvalue weighted by molar-refractivity contribution is 5.91. The summed E-state index contributed by atoms with van der Waals surface area (Å²) < 4.78 is 5.36. The van der Waals surface area contributed by atoms with Gasteiger partial charge in [-0.3, -0.25) is 14.6 Å². The Bertz CT molecular complexity index is 730. The summed E-state index contributed by atoms with van der Waals surface area (Å²) >= 11 is 0. The smallest absolute Gasteiger partial charge is 0.287 e. The molecule has 1 N–H and O–H groups in total. The molecule has 1 unspecified atom stereocenters. The van der Waals surface area contributed by atoms with Crippen molar-refractivity contribution in [2.75, 3.05) is 0 Å². The van der Waals surface area contributed by atoms with Gasteiger partial charge in [-0.25, -0.2) is 0 Å². The van der Waals surface area contributed by atoms with E-state index in [2.05, 4.69) is 31.1 Å². The maximum Gasteiger partial charge on any atom is 0.287 e. The van der Waals surface area contributed by atoms with Crippen LogP contribution in [0.1, 0.15) is 55.1 Å². The number of hydrogen-bond donors (Lipinski definition) is 1. The normalized spacial score (nSPS) is 12.7. The lowest BCUT2D eigenvalue weighted by atomic mass is 9.86. The first-order valence-corrected chi connectivity index (χ1v) is 7.57. The van der Waals surface area contributed by atoms with Gasteiger partial charge in [0.05, 0.1) is 6.04 Å². The number of hydrogen-bond acceptors (Lipinski definition) is 4. The summed E-state index contributed by atoms with van der Waals surface area (Å²) in [6.45, 7) is 7.96. The third-order valence-corrected chi connectivity index (χ3v) is 3.32. The van der Waals surface area contributed by atoms with Crippen LogP contribution in [0.15, 0.2) is 45.9 Å². The first kappa shape index (κ1) is 16.9. The molecular weight excluding hydrogens is 292 g/mol. The molecule has 0 saturated carbocycles. The topological polar surface area (TPSA) is 72.2 Å². The Hall–Kier alpha value is -2.43. The Morgan fingerprint density at radius 3 is 2.65 bits per heavy atom. The Morgan fingerprint density at radius 2 is 2.09 bits per heavy atom. The minimum absolute atomic E-state index is 0.0151. The van der Waals surface area contributed by atoms with Crippen LogP contribution >= 0.6 is 0 Å². The fourth-order valence-electron chi connectivity index (χ4n) is 2.39. The van der Waals surface area contributed by atoms with Gasteiger partial charge in [0.1, 0.15) is 5.76 Å². The van der Waals surface area contributed by atoms with Gasteiger partial charge in [-0.1, -0.05) is 26.8 Å². The third-order valence-electron chi connectivity index (χ3n) is 3.32. The van der Waals surface area contributed by atoms with Crippen molar-refractivity contribution in [3.05, 3.63) is 64.0 Å². The molecule has 0 fully saturated rings. The lowest BCUT2D eigenvalue weighted by Gasteiger charge is -2.26. The predicted molar refractivity (Wildman–Crippen MR) is 88.2 cm³/mol. The summed E-state index contributed by atoms with van der Waals surface area (Å²) in [5.74, 6) is 0.0399. The summed E-state index contributed by atoms with van der Waals surface area (Å²) in [6, 6.07) is 6.12. The molecule has 122 valence electrons. The Balaban J connectivity index is 2.26. The maximum atomic E-state index is 12.5. The first-order valence-electron chi connectivity index (χ1n) is 7.57. The third kappa shape index (κ3) is 5.06. The number of carbonyl (C=O) groups is 1. The van der Waals surface area contributed by atoms with Crippen molar-refractivity contribution in [2.24, 2.45) is 5.41 Å². The summed E-state index contributed by atoms with van der Waals surface area (Å²) in [6.07, 6.45) is 4.17. The van der Waals surface area contributed by atoms with Crippen LogP contribution in [-0.2, 0) is 0 Å². The van der Waals surface area contributed by atoms with Crippen molar-refractivity contribution in [3.63, 3.8) is 0 Å². The van der Waals surface area contributed by atoms with Gasteiger partial charge in [-0.05, 0) is 30.4 Å². The number of nitrogens with zero attached hydrogens (tertiary/aromatic N) is 1. The zero-order chi connectivity index (χ0) is 17.0. The molecular formula is C18H22N2O3. The Morgan fingerprint density at radius 1 is 1.35 bits per heavy atom. The zero-order valence-corrected chi connectivity index (χ0v) is 13.9. The predicted octanol–water partition coefficient (Wildman–Crippen LogP) is 3.25. The molecule has 1 atom stereocenters. The molecule has 0 aromatic carbocycles. The van der Waals surface area contributed by atoms with Gasteiger partial charge in [0.15, 0.2) is 11.2 Å². The molecule has 0 aliphatic rings. The van der Waals surface area contributed by atoms with E-state index in [9.17, 15) is 9.59 Å². The van der Waals surface area contributed by atoms with Crippen molar-refractivity contribution in [1.82, 2.24) is 10.3 Å². The SMILES string of the molecule is Cc1cc(=O)cc(C(=O)NC(CC(C)(C)C)c2cccnc2)o1. The molecule has 2 aromatic heterocycles. The van der Waals surface area contributed by atoms with Gasteiger partial charge in [-0.15, -0.1) is 0 Å². The summed E-state index contributed by atoms with van der Waals surface area (Å²) in [5.41, 5.74) is 0.694. The molecule has 1 amide bonds. The van der Waals surface area contributed by atoms with Crippen LogP contribution in [0.3, 0.4) is 0 Å². The van der Waals surface area contributed by atoms with Gasteiger partial charge in [0, 0.05) is 24.5 Å². The van der Waals surface area contributed by atoms with E-state index in [4.69, 9.17) is 4.42 Å². The largest absolute Gasteiger partial charge is 0.456 e. The molecule has 0 saturated heterocycles. The number of aryl methyl sites for hydroxylation is 1. The minimum atomic E-state index is -0.399. The fraction of sp³-hybridized carbons (Fsp3) is 0.389. The molecule has 5 heteroatoms. The molecule has 5 nitrogen and oxygen atoms in total. The summed E-state index contributed by atoms with van der Waals surface area (Å²) in [7, 11) is 0. The number of pyridine rings is 1. The second kappa shape index (κ2) is 6.77. The van der Waals surface area contributed by atoms with Crippen LogP contribution in [0, 0.1) is 12.3 Å². The van der Waals surface area contributed by atoms with Crippen LogP contribution < -0.4 is 10.7 Å². The molecule has 0 bridgehead atoms. The van der Waals surface area contributed by atoms with Gasteiger partial charge in [-0.2, -0.15) is 0 Å². The van der Waals surface area contributed by atoms with Crippen molar-refractivity contribution in [2.45, 2.75) is 40.2 Å². The van der Waals surface area contributed by atoms with E-state index in [0.29, 0.717) is 5.76 Å². The summed E-state index contributed by atoms with van der Waals surface area (Å²) in [5, 5.41) is 2.95. The van der Waals surface area contributed by atoms with E-state index in [0.717, 1.165) is 12.0 Å². The monoisotopic (exact) mass is 314 g/mol. The van der Waals surface area contributed by atoms with E-state index >= 15 is 0 Å². The summed E-state index contributed by atoms with van der Waals surface area (Å²) in [4.78, 5) is 28.1. The van der Waals surface area contributed by atoms with Gasteiger partial charge in [0.2, 0.25) is 0 Å². The average molecular weight is 314 g/mol. The number of rotatable bonds is 4. The van der Waals surface area contributed by atoms with Gasteiger partial charge >= 0.3 is 0 Å². The van der Waals surface area contributed by atoms with Crippen molar-refractivity contribution in [1.29, 1.82) is 0 Å². The highest BCUT2D eigenvalue weighted by Crippen LogP contribution is 2.29. The van der Waals surface area contributed by atoms with Gasteiger partial charge in [0.25, 0.3) is 5.91 Å². The molecule has 2 rings (SSSR count). The quantitative estimate of drug-likeness (QED) is 0.940. The zero-order valence-electron chi connectivity index (χ0n) is 13.9. The van der Waals surface area contributed by atoms with E-state index in [1.807, 2.05) is 12.1 Å². The highest BCUT2D eigenvalue weighted by atomic mass is 16.3. The van der Waals surface area contributed by atoms with E-state index in [1.165, 1.54) is 12.1 Å². The van der Waals surface area contributed by atoms with Crippen LogP contribution in [0.2, 0.25) is 0 Å². The minimum Gasteiger partial charge on any atom is -0.456 e. The molecule has 0 spiro atoms. The van der Waals surface area contributed by atoms with Crippen molar-refractivity contribution in [3.8, 4) is 0 Å². The molecule has 2 heterocycles. The second-order valence-corrected chi connectivity index (χ2v) is 6.85. The molecule has 0 radical (unpaired) electrons. The number of amides is 1. The van der Waals surface area contributed by atoms with Gasteiger partial charge < -0.3 is 9.73 Å². The number of carbonyl (C=O) groups excluding carboxylic acids is 1. The molecule has 23 heavy (non-hydrogen) atoms. The Labute approximate surface area is 135 Å². The lowest BCUT2D eigenvalue weighted by molar-refractivity contribution is 0.0894. The molecule has 0 aliphatic carbocycles. The first-order chi connectivity index (χ1) is 10.7. The lowest BCUT2D eigenvalue weighted by Crippen LogP contribution is -2.32.